The van der Waals surface area contributed by atoms with Crippen molar-refractivity contribution < 1.29 is 9.59 Å². The van der Waals surface area contributed by atoms with Crippen molar-refractivity contribution in [1.82, 2.24) is 0 Å². The van der Waals surface area contributed by atoms with Gasteiger partial charge in [-0.3, -0.25) is 9.59 Å². The monoisotopic (exact) mass is 277 g/mol. The summed E-state index contributed by atoms with van der Waals surface area (Å²) >= 11 is 0. The van der Waals surface area contributed by atoms with Gasteiger partial charge in [-0.25, -0.2) is 0 Å². The number of benzene rings is 1. The Morgan fingerprint density at radius 2 is 1.65 bits per heavy atom. The standard InChI is InChI=1S/C15H23N3O2/c1-3-4-5-6-10(2)18-13-8-11(14(16)19)7-12(9-13)15(17)20/h7-10,18H,3-6H2,1-2H3,(H2,16,19)(H2,17,20). The van der Waals surface area contributed by atoms with Gasteiger partial charge in [0.05, 0.1) is 0 Å². The highest BCUT2D eigenvalue weighted by Crippen LogP contribution is 2.17. The summed E-state index contributed by atoms with van der Waals surface area (Å²) in [5.41, 5.74) is 11.8. The number of primary amides is 2. The molecule has 0 heterocycles. The Labute approximate surface area is 119 Å². The summed E-state index contributed by atoms with van der Waals surface area (Å²) in [5.74, 6) is -1.15. The molecule has 1 atom stereocenters. The van der Waals surface area contributed by atoms with Crippen LogP contribution < -0.4 is 16.8 Å². The number of hydrogen-bond acceptors (Lipinski definition) is 3. The first-order chi connectivity index (χ1) is 9.43. The van der Waals surface area contributed by atoms with Crippen LogP contribution in [-0.4, -0.2) is 17.9 Å². The molecule has 0 aliphatic heterocycles. The molecule has 5 nitrogen and oxygen atoms in total. The van der Waals surface area contributed by atoms with Crippen molar-refractivity contribution in [2.75, 3.05) is 5.32 Å². The van der Waals surface area contributed by atoms with Crippen LogP contribution in [0.25, 0.3) is 0 Å². The Morgan fingerprint density at radius 3 is 2.10 bits per heavy atom. The third kappa shape index (κ3) is 4.91. The molecule has 0 aromatic heterocycles. The second kappa shape index (κ2) is 7.53. The van der Waals surface area contributed by atoms with E-state index in [0.29, 0.717) is 5.69 Å². The van der Waals surface area contributed by atoms with Crippen molar-refractivity contribution in [2.45, 2.75) is 45.6 Å². The molecule has 5 N–H and O–H groups in total. The van der Waals surface area contributed by atoms with Crippen LogP contribution in [0.5, 0.6) is 0 Å². The molecule has 1 aromatic rings. The minimum atomic E-state index is -0.574. The first-order valence-corrected chi connectivity index (χ1v) is 6.95. The maximum absolute atomic E-state index is 11.3. The molecule has 110 valence electrons. The fourth-order valence-electron chi connectivity index (χ4n) is 2.05. The van der Waals surface area contributed by atoms with Gasteiger partial charge in [-0.05, 0) is 31.5 Å². The fraction of sp³-hybridized carbons (Fsp3) is 0.467. The number of carbonyl (C=O) groups excluding carboxylic acids is 2. The third-order valence-electron chi connectivity index (χ3n) is 3.16. The van der Waals surface area contributed by atoms with Gasteiger partial charge in [0, 0.05) is 22.9 Å². The Balaban J connectivity index is 2.83. The molecule has 0 spiro atoms. The molecule has 5 heteroatoms. The minimum absolute atomic E-state index is 0.255. The van der Waals surface area contributed by atoms with Crippen LogP contribution in [-0.2, 0) is 0 Å². The van der Waals surface area contributed by atoms with E-state index in [1.54, 1.807) is 12.1 Å². The van der Waals surface area contributed by atoms with Gasteiger partial charge < -0.3 is 16.8 Å². The van der Waals surface area contributed by atoms with Gasteiger partial charge in [-0.1, -0.05) is 26.2 Å². The van der Waals surface area contributed by atoms with Crippen molar-refractivity contribution in [3.8, 4) is 0 Å². The molecular weight excluding hydrogens is 254 g/mol. The molecule has 2 amide bonds. The highest BCUT2D eigenvalue weighted by Gasteiger charge is 2.10. The highest BCUT2D eigenvalue weighted by atomic mass is 16.1. The van der Waals surface area contributed by atoms with Gasteiger partial charge in [0.2, 0.25) is 11.8 Å². The quantitative estimate of drug-likeness (QED) is 0.636. The van der Waals surface area contributed by atoms with Gasteiger partial charge in [-0.15, -0.1) is 0 Å². The predicted octanol–water partition coefficient (Wildman–Crippen LogP) is 2.27. The molecule has 0 aliphatic carbocycles. The van der Waals surface area contributed by atoms with Crippen molar-refractivity contribution in [1.29, 1.82) is 0 Å². The number of amides is 2. The lowest BCUT2D eigenvalue weighted by atomic mass is 10.1. The highest BCUT2D eigenvalue weighted by molar-refractivity contribution is 5.99. The largest absolute Gasteiger partial charge is 0.383 e. The summed E-state index contributed by atoms with van der Waals surface area (Å²) in [5, 5.41) is 3.28. The summed E-state index contributed by atoms with van der Waals surface area (Å²) in [6, 6.07) is 4.96. The third-order valence-corrected chi connectivity index (χ3v) is 3.16. The SMILES string of the molecule is CCCCCC(C)Nc1cc(C(N)=O)cc(C(N)=O)c1. The second-order valence-corrected chi connectivity index (χ2v) is 5.07. The zero-order chi connectivity index (χ0) is 15.1. The van der Waals surface area contributed by atoms with E-state index >= 15 is 0 Å². The van der Waals surface area contributed by atoms with Gasteiger partial charge in [0.1, 0.15) is 0 Å². The first kappa shape index (κ1) is 16.0. The lowest BCUT2D eigenvalue weighted by molar-refractivity contribution is 0.0999. The molecule has 1 rings (SSSR count). The van der Waals surface area contributed by atoms with E-state index < -0.39 is 11.8 Å². The van der Waals surface area contributed by atoms with Gasteiger partial charge in [0.15, 0.2) is 0 Å². The lowest BCUT2D eigenvalue weighted by Gasteiger charge is -2.16. The summed E-state index contributed by atoms with van der Waals surface area (Å²) in [4.78, 5) is 22.5. The van der Waals surface area contributed by atoms with Crippen LogP contribution in [0, 0.1) is 0 Å². The normalized spacial score (nSPS) is 11.9. The van der Waals surface area contributed by atoms with Crippen LogP contribution in [0.15, 0.2) is 18.2 Å². The van der Waals surface area contributed by atoms with E-state index in [1.165, 1.54) is 18.9 Å². The molecule has 0 aliphatic rings. The number of nitrogens with two attached hydrogens (primary N) is 2. The summed E-state index contributed by atoms with van der Waals surface area (Å²) in [6.45, 7) is 4.23. The number of hydrogen-bond donors (Lipinski definition) is 3. The van der Waals surface area contributed by atoms with Crippen LogP contribution in [0.4, 0.5) is 5.69 Å². The number of rotatable bonds is 8. The van der Waals surface area contributed by atoms with Crippen molar-refractivity contribution in [3.05, 3.63) is 29.3 Å². The van der Waals surface area contributed by atoms with E-state index in [-0.39, 0.29) is 17.2 Å². The van der Waals surface area contributed by atoms with Gasteiger partial charge in [0.25, 0.3) is 0 Å². The first-order valence-electron chi connectivity index (χ1n) is 6.95. The minimum Gasteiger partial charge on any atom is -0.383 e. The number of nitrogens with one attached hydrogen (secondary N) is 1. The second-order valence-electron chi connectivity index (χ2n) is 5.07. The molecule has 0 saturated carbocycles. The zero-order valence-corrected chi connectivity index (χ0v) is 12.1. The number of carbonyl (C=O) groups is 2. The Bertz CT molecular complexity index is 454. The van der Waals surface area contributed by atoms with Crippen LogP contribution in [0.3, 0.4) is 0 Å². The molecule has 0 radical (unpaired) electrons. The van der Waals surface area contributed by atoms with Crippen LogP contribution in [0.2, 0.25) is 0 Å². The topological polar surface area (TPSA) is 98.2 Å². The van der Waals surface area contributed by atoms with Gasteiger partial charge >= 0.3 is 0 Å². The molecule has 1 unspecified atom stereocenters. The molecule has 20 heavy (non-hydrogen) atoms. The van der Waals surface area contributed by atoms with E-state index in [2.05, 4.69) is 19.2 Å². The maximum atomic E-state index is 11.3. The van der Waals surface area contributed by atoms with E-state index in [4.69, 9.17) is 11.5 Å². The Morgan fingerprint density at radius 1 is 1.10 bits per heavy atom. The fourth-order valence-corrected chi connectivity index (χ4v) is 2.05. The average molecular weight is 277 g/mol. The molecule has 0 bridgehead atoms. The smallest absolute Gasteiger partial charge is 0.248 e. The molecule has 0 fully saturated rings. The van der Waals surface area contributed by atoms with Crippen molar-refractivity contribution in [3.63, 3.8) is 0 Å². The molecule has 0 saturated heterocycles. The summed E-state index contributed by atoms with van der Waals surface area (Å²) in [6.07, 6.45) is 4.54. The average Bonchev–Trinajstić information content (AvgIpc) is 2.38. The lowest BCUT2D eigenvalue weighted by Crippen LogP contribution is -2.19. The summed E-state index contributed by atoms with van der Waals surface area (Å²) < 4.78 is 0. The zero-order valence-electron chi connectivity index (χ0n) is 12.1. The molecule has 1 aromatic carbocycles. The van der Waals surface area contributed by atoms with E-state index in [9.17, 15) is 9.59 Å². The number of anilines is 1. The maximum Gasteiger partial charge on any atom is 0.248 e. The van der Waals surface area contributed by atoms with Crippen LogP contribution >= 0.6 is 0 Å². The van der Waals surface area contributed by atoms with Crippen molar-refractivity contribution in [2.24, 2.45) is 11.5 Å². The number of unbranched alkanes of at least 4 members (excludes halogenated alkanes) is 2. The summed E-state index contributed by atoms with van der Waals surface area (Å²) in [7, 11) is 0. The van der Waals surface area contributed by atoms with E-state index in [0.717, 1.165) is 12.8 Å². The van der Waals surface area contributed by atoms with Gasteiger partial charge in [-0.2, -0.15) is 0 Å². The van der Waals surface area contributed by atoms with Crippen molar-refractivity contribution >= 4 is 17.5 Å². The Kier molecular flexibility index (Phi) is 6.03. The molecular formula is C15H23N3O2. The Hall–Kier alpha value is -2.04. The van der Waals surface area contributed by atoms with Crippen LogP contribution in [0.1, 0.15) is 60.2 Å². The predicted molar refractivity (Wildman–Crippen MR) is 80.7 cm³/mol. The van der Waals surface area contributed by atoms with E-state index in [1.807, 2.05) is 0 Å².